The molecule has 1 N–H and O–H groups in total. The van der Waals surface area contributed by atoms with Crippen LogP contribution in [0.15, 0.2) is 6.07 Å². The number of hydrogen-bond acceptors (Lipinski definition) is 3. The van der Waals surface area contributed by atoms with E-state index in [4.69, 9.17) is 11.6 Å². The van der Waals surface area contributed by atoms with E-state index in [-0.39, 0.29) is 0 Å². The Morgan fingerprint density at radius 2 is 2.23 bits per heavy atom. The lowest BCUT2D eigenvalue weighted by atomic mass is 9.93. The highest BCUT2D eigenvalue weighted by Gasteiger charge is 2.17. The van der Waals surface area contributed by atoms with E-state index in [1.54, 1.807) is 0 Å². The summed E-state index contributed by atoms with van der Waals surface area (Å²) in [5.41, 5.74) is 0.904. The van der Waals surface area contributed by atoms with Crippen molar-refractivity contribution in [3.63, 3.8) is 0 Å². The van der Waals surface area contributed by atoms with Gasteiger partial charge in [-0.05, 0) is 37.8 Å². The van der Waals surface area contributed by atoms with Gasteiger partial charge >= 0.3 is 0 Å². The molecule has 0 aromatic carbocycles. The Kier molecular flexibility index (Phi) is 2.36. The smallest absolute Gasteiger partial charge is 0.224 e. The average Bonchev–Trinajstić information content (AvgIpc) is 1.95. The Balaban J connectivity index is 2.10. The van der Waals surface area contributed by atoms with E-state index in [9.17, 15) is 0 Å². The van der Waals surface area contributed by atoms with Crippen LogP contribution in [0.1, 0.15) is 25.0 Å². The highest BCUT2D eigenvalue weighted by Crippen LogP contribution is 2.22. The molecule has 0 saturated heterocycles. The maximum absolute atomic E-state index is 5.73. The molecule has 1 saturated carbocycles. The molecule has 70 valence electrons. The van der Waals surface area contributed by atoms with Crippen LogP contribution in [-0.4, -0.2) is 16.0 Å². The number of aromatic nitrogens is 2. The minimum Gasteiger partial charge on any atom is -0.367 e. The maximum Gasteiger partial charge on any atom is 0.224 e. The summed E-state index contributed by atoms with van der Waals surface area (Å²) in [7, 11) is 0. The molecule has 1 aliphatic rings. The first kappa shape index (κ1) is 8.75. The molecule has 0 radical (unpaired) electrons. The van der Waals surface area contributed by atoms with Crippen LogP contribution in [0, 0.1) is 6.92 Å². The molecule has 1 aliphatic carbocycles. The van der Waals surface area contributed by atoms with Crippen LogP contribution >= 0.6 is 11.6 Å². The molecule has 13 heavy (non-hydrogen) atoms. The fourth-order valence-electron chi connectivity index (χ4n) is 1.37. The zero-order chi connectivity index (χ0) is 9.26. The van der Waals surface area contributed by atoms with Crippen molar-refractivity contribution in [2.75, 3.05) is 5.32 Å². The summed E-state index contributed by atoms with van der Waals surface area (Å²) < 4.78 is 0. The lowest BCUT2D eigenvalue weighted by Gasteiger charge is -2.26. The van der Waals surface area contributed by atoms with E-state index in [0.29, 0.717) is 11.3 Å². The van der Waals surface area contributed by atoms with Crippen LogP contribution in [0.5, 0.6) is 0 Å². The number of anilines is 1. The highest BCUT2D eigenvalue weighted by molar-refractivity contribution is 6.28. The fraction of sp³-hybridized carbons (Fsp3) is 0.556. The third-order valence-electron chi connectivity index (χ3n) is 2.28. The summed E-state index contributed by atoms with van der Waals surface area (Å²) in [5.74, 6) is 0.849. The van der Waals surface area contributed by atoms with Gasteiger partial charge in [-0.25, -0.2) is 9.97 Å². The number of halogens is 1. The molecule has 0 bridgehead atoms. The monoisotopic (exact) mass is 197 g/mol. The molecular weight excluding hydrogens is 186 g/mol. The van der Waals surface area contributed by atoms with Crippen LogP contribution in [0.2, 0.25) is 5.28 Å². The van der Waals surface area contributed by atoms with Crippen LogP contribution in [0.4, 0.5) is 5.82 Å². The van der Waals surface area contributed by atoms with E-state index >= 15 is 0 Å². The van der Waals surface area contributed by atoms with E-state index in [1.165, 1.54) is 19.3 Å². The first-order valence-electron chi connectivity index (χ1n) is 4.52. The van der Waals surface area contributed by atoms with Crippen molar-refractivity contribution in [3.05, 3.63) is 17.0 Å². The van der Waals surface area contributed by atoms with Crippen LogP contribution < -0.4 is 5.32 Å². The predicted octanol–water partition coefficient (Wildman–Crippen LogP) is 2.40. The number of hydrogen-bond donors (Lipinski definition) is 1. The van der Waals surface area contributed by atoms with Crippen molar-refractivity contribution in [2.45, 2.75) is 32.2 Å². The average molecular weight is 198 g/mol. The third-order valence-corrected chi connectivity index (χ3v) is 2.45. The van der Waals surface area contributed by atoms with Gasteiger partial charge in [0, 0.05) is 17.8 Å². The molecule has 0 spiro atoms. The van der Waals surface area contributed by atoms with Crippen LogP contribution in [0.3, 0.4) is 0 Å². The molecule has 4 heteroatoms. The van der Waals surface area contributed by atoms with E-state index in [0.717, 1.165) is 11.5 Å². The highest BCUT2D eigenvalue weighted by atomic mass is 35.5. The Labute approximate surface area is 82.5 Å². The van der Waals surface area contributed by atoms with Gasteiger partial charge in [0.05, 0.1) is 0 Å². The molecule has 0 unspecified atom stereocenters. The largest absolute Gasteiger partial charge is 0.367 e. The van der Waals surface area contributed by atoms with Crippen molar-refractivity contribution >= 4 is 17.4 Å². The first-order chi connectivity index (χ1) is 6.24. The summed E-state index contributed by atoms with van der Waals surface area (Å²) in [6, 6.07) is 2.51. The van der Waals surface area contributed by atoms with Crippen LogP contribution in [0.25, 0.3) is 0 Å². The lowest BCUT2D eigenvalue weighted by Crippen LogP contribution is -2.27. The van der Waals surface area contributed by atoms with Gasteiger partial charge in [-0.15, -0.1) is 0 Å². The predicted molar refractivity (Wildman–Crippen MR) is 53.0 cm³/mol. The van der Waals surface area contributed by atoms with E-state index < -0.39 is 0 Å². The van der Waals surface area contributed by atoms with Gasteiger partial charge in [-0.1, -0.05) is 0 Å². The third kappa shape index (κ3) is 2.10. The minimum atomic E-state index is 0.321. The van der Waals surface area contributed by atoms with Crippen molar-refractivity contribution < 1.29 is 0 Å². The van der Waals surface area contributed by atoms with E-state index in [1.807, 2.05) is 13.0 Å². The zero-order valence-electron chi connectivity index (χ0n) is 7.55. The molecule has 3 nitrogen and oxygen atoms in total. The molecule has 2 rings (SSSR count). The molecular formula is C9H12ClN3. The van der Waals surface area contributed by atoms with Gasteiger partial charge in [0.15, 0.2) is 0 Å². The van der Waals surface area contributed by atoms with Crippen molar-refractivity contribution in [3.8, 4) is 0 Å². The first-order valence-corrected chi connectivity index (χ1v) is 4.89. The standard InChI is InChI=1S/C9H12ClN3/c1-6-5-8(13-9(10)11-6)12-7-3-2-4-7/h5,7H,2-4H2,1H3,(H,11,12,13). The Morgan fingerprint density at radius 3 is 2.77 bits per heavy atom. The zero-order valence-corrected chi connectivity index (χ0v) is 8.30. The van der Waals surface area contributed by atoms with Gasteiger partial charge in [-0.3, -0.25) is 0 Å². The fourth-order valence-corrected chi connectivity index (χ4v) is 1.59. The molecule has 0 aliphatic heterocycles. The molecule has 1 aromatic heterocycles. The van der Waals surface area contributed by atoms with Gasteiger partial charge in [0.2, 0.25) is 5.28 Å². The molecule has 0 atom stereocenters. The molecule has 1 fully saturated rings. The Hall–Kier alpha value is -0.830. The molecule has 1 heterocycles. The van der Waals surface area contributed by atoms with Gasteiger partial charge < -0.3 is 5.32 Å². The van der Waals surface area contributed by atoms with Crippen molar-refractivity contribution in [1.29, 1.82) is 0 Å². The van der Waals surface area contributed by atoms with Crippen molar-refractivity contribution in [2.24, 2.45) is 0 Å². The summed E-state index contributed by atoms with van der Waals surface area (Å²) in [5, 5.41) is 3.65. The topological polar surface area (TPSA) is 37.8 Å². The normalized spacial score (nSPS) is 16.8. The Morgan fingerprint density at radius 1 is 1.46 bits per heavy atom. The minimum absolute atomic E-state index is 0.321. The Bertz CT molecular complexity index is 289. The number of nitrogens with one attached hydrogen (secondary N) is 1. The van der Waals surface area contributed by atoms with E-state index in [2.05, 4.69) is 15.3 Å². The second-order valence-corrected chi connectivity index (χ2v) is 3.77. The number of aryl methyl sites for hydroxylation is 1. The van der Waals surface area contributed by atoms with Crippen molar-refractivity contribution in [1.82, 2.24) is 9.97 Å². The number of rotatable bonds is 2. The molecule has 1 aromatic rings. The van der Waals surface area contributed by atoms with Gasteiger partial charge in [-0.2, -0.15) is 0 Å². The second kappa shape index (κ2) is 3.50. The summed E-state index contributed by atoms with van der Waals surface area (Å²) >= 11 is 5.73. The summed E-state index contributed by atoms with van der Waals surface area (Å²) in [6.45, 7) is 1.92. The lowest BCUT2D eigenvalue weighted by molar-refractivity contribution is 0.444. The van der Waals surface area contributed by atoms with Crippen LogP contribution in [-0.2, 0) is 0 Å². The maximum atomic E-state index is 5.73. The van der Waals surface area contributed by atoms with Gasteiger partial charge in [0.25, 0.3) is 0 Å². The number of nitrogens with zero attached hydrogens (tertiary/aromatic N) is 2. The summed E-state index contributed by atoms with van der Waals surface area (Å²) in [6.07, 6.45) is 3.79. The molecule has 0 amide bonds. The summed E-state index contributed by atoms with van der Waals surface area (Å²) in [4.78, 5) is 8.10. The second-order valence-electron chi connectivity index (χ2n) is 3.44. The SMILES string of the molecule is Cc1cc(NC2CCC2)nc(Cl)n1. The van der Waals surface area contributed by atoms with Gasteiger partial charge in [0.1, 0.15) is 5.82 Å². The quantitative estimate of drug-likeness (QED) is 0.740.